The molecule has 21 heavy (non-hydrogen) atoms. The number of benzene rings is 1. The SMILES string of the molecule is COc1ccc(C(=O)N2CCCN(CCBr)CC2)c(O)c1. The number of carbonyl (C=O) groups excluding carboxylic acids is 1. The van der Waals surface area contributed by atoms with Crippen LogP contribution in [0.2, 0.25) is 0 Å². The molecule has 0 bridgehead atoms. The van der Waals surface area contributed by atoms with Gasteiger partial charge < -0.3 is 19.6 Å². The lowest BCUT2D eigenvalue weighted by molar-refractivity contribution is 0.0759. The topological polar surface area (TPSA) is 53.0 Å². The number of alkyl halides is 1. The molecule has 116 valence electrons. The number of phenolic OH excluding ortho intramolecular Hbond substituents is 1. The summed E-state index contributed by atoms with van der Waals surface area (Å²) < 4.78 is 5.04. The summed E-state index contributed by atoms with van der Waals surface area (Å²) in [5.41, 5.74) is 0.338. The zero-order valence-corrected chi connectivity index (χ0v) is 13.8. The fourth-order valence-corrected chi connectivity index (χ4v) is 3.01. The molecule has 0 aromatic heterocycles. The van der Waals surface area contributed by atoms with Gasteiger partial charge in [0.15, 0.2) is 0 Å². The summed E-state index contributed by atoms with van der Waals surface area (Å²) in [4.78, 5) is 16.7. The number of phenols is 1. The minimum absolute atomic E-state index is 0.0269. The maximum absolute atomic E-state index is 12.5. The Bertz CT molecular complexity index is 496. The summed E-state index contributed by atoms with van der Waals surface area (Å²) in [6.45, 7) is 4.29. The van der Waals surface area contributed by atoms with Gasteiger partial charge in [0.2, 0.25) is 0 Å². The van der Waals surface area contributed by atoms with Crippen molar-refractivity contribution in [3.05, 3.63) is 23.8 Å². The number of aromatic hydroxyl groups is 1. The number of nitrogens with zero attached hydrogens (tertiary/aromatic N) is 2. The second-order valence-electron chi connectivity index (χ2n) is 5.06. The molecule has 1 aliphatic rings. The van der Waals surface area contributed by atoms with Crippen LogP contribution < -0.4 is 4.74 Å². The Balaban J connectivity index is 2.06. The molecule has 0 atom stereocenters. The highest BCUT2D eigenvalue weighted by atomic mass is 79.9. The zero-order valence-electron chi connectivity index (χ0n) is 12.2. The molecule has 1 N–H and O–H groups in total. The maximum atomic E-state index is 12.5. The molecular weight excluding hydrogens is 336 g/mol. The van der Waals surface area contributed by atoms with Crippen LogP contribution in [-0.2, 0) is 0 Å². The van der Waals surface area contributed by atoms with Crippen molar-refractivity contribution in [1.82, 2.24) is 9.80 Å². The average molecular weight is 357 g/mol. The molecule has 1 heterocycles. The fraction of sp³-hybridized carbons (Fsp3) is 0.533. The van der Waals surface area contributed by atoms with E-state index in [1.807, 2.05) is 4.90 Å². The number of rotatable bonds is 4. The van der Waals surface area contributed by atoms with Crippen LogP contribution in [0.1, 0.15) is 16.8 Å². The van der Waals surface area contributed by atoms with E-state index in [0.717, 1.165) is 37.9 Å². The molecule has 0 aliphatic carbocycles. The standard InChI is InChI=1S/C15H21BrN2O3/c1-21-12-3-4-13(14(19)11-12)15(20)18-7-2-6-17(8-5-16)9-10-18/h3-4,11,19H,2,5-10H2,1H3. The van der Waals surface area contributed by atoms with Gasteiger partial charge in [0.1, 0.15) is 11.5 Å². The third-order valence-electron chi connectivity index (χ3n) is 3.71. The van der Waals surface area contributed by atoms with Crippen molar-refractivity contribution in [2.45, 2.75) is 6.42 Å². The third-order valence-corrected chi connectivity index (χ3v) is 4.07. The highest BCUT2D eigenvalue weighted by molar-refractivity contribution is 9.09. The van der Waals surface area contributed by atoms with Gasteiger partial charge in [-0.15, -0.1) is 0 Å². The lowest BCUT2D eigenvalue weighted by Gasteiger charge is -2.22. The summed E-state index contributed by atoms with van der Waals surface area (Å²) in [6.07, 6.45) is 0.954. The van der Waals surface area contributed by atoms with Gasteiger partial charge in [0.25, 0.3) is 5.91 Å². The van der Waals surface area contributed by atoms with Crippen LogP contribution in [0.4, 0.5) is 0 Å². The zero-order chi connectivity index (χ0) is 15.2. The number of methoxy groups -OCH3 is 1. The van der Waals surface area contributed by atoms with Gasteiger partial charge in [0, 0.05) is 37.6 Å². The van der Waals surface area contributed by atoms with Crippen LogP contribution in [0.25, 0.3) is 0 Å². The van der Waals surface area contributed by atoms with Gasteiger partial charge >= 0.3 is 0 Å². The maximum Gasteiger partial charge on any atom is 0.257 e. The first-order valence-corrected chi connectivity index (χ1v) is 8.22. The van der Waals surface area contributed by atoms with Crippen molar-refractivity contribution < 1.29 is 14.6 Å². The molecule has 1 aromatic rings. The highest BCUT2D eigenvalue weighted by Gasteiger charge is 2.22. The van der Waals surface area contributed by atoms with E-state index >= 15 is 0 Å². The minimum atomic E-state index is -0.115. The van der Waals surface area contributed by atoms with Crippen molar-refractivity contribution in [2.24, 2.45) is 0 Å². The molecule has 1 aliphatic heterocycles. The molecule has 1 saturated heterocycles. The molecule has 0 spiro atoms. The van der Waals surface area contributed by atoms with E-state index in [9.17, 15) is 9.90 Å². The van der Waals surface area contributed by atoms with E-state index in [1.54, 1.807) is 12.1 Å². The van der Waals surface area contributed by atoms with E-state index in [0.29, 0.717) is 17.9 Å². The van der Waals surface area contributed by atoms with Crippen LogP contribution >= 0.6 is 15.9 Å². The van der Waals surface area contributed by atoms with Crippen LogP contribution in [-0.4, -0.2) is 66.0 Å². The lowest BCUT2D eigenvalue weighted by atomic mass is 10.1. The normalized spacial score (nSPS) is 16.6. The molecule has 1 amide bonds. The molecule has 0 unspecified atom stereocenters. The number of hydrogen-bond donors (Lipinski definition) is 1. The monoisotopic (exact) mass is 356 g/mol. The van der Waals surface area contributed by atoms with Crippen LogP contribution in [0.3, 0.4) is 0 Å². The van der Waals surface area contributed by atoms with Gasteiger partial charge in [0.05, 0.1) is 12.7 Å². The highest BCUT2D eigenvalue weighted by Crippen LogP contribution is 2.25. The number of carbonyl (C=O) groups is 1. The van der Waals surface area contributed by atoms with Gasteiger partial charge in [-0.1, -0.05) is 15.9 Å². The van der Waals surface area contributed by atoms with Gasteiger partial charge in [-0.2, -0.15) is 0 Å². The minimum Gasteiger partial charge on any atom is -0.507 e. The van der Waals surface area contributed by atoms with Crippen molar-refractivity contribution in [3.8, 4) is 11.5 Å². The number of hydrogen-bond acceptors (Lipinski definition) is 4. The second-order valence-corrected chi connectivity index (χ2v) is 5.85. The predicted octanol–water partition coefficient (Wildman–Crippen LogP) is 1.94. The van der Waals surface area contributed by atoms with Gasteiger partial charge in [-0.05, 0) is 25.1 Å². The van der Waals surface area contributed by atoms with Crippen molar-refractivity contribution in [3.63, 3.8) is 0 Å². The average Bonchev–Trinajstić information content (AvgIpc) is 2.72. The van der Waals surface area contributed by atoms with Crippen LogP contribution in [0.5, 0.6) is 11.5 Å². The molecule has 6 heteroatoms. The van der Waals surface area contributed by atoms with Crippen molar-refractivity contribution in [2.75, 3.05) is 45.2 Å². The van der Waals surface area contributed by atoms with E-state index in [-0.39, 0.29) is 11.7 Å². The summed E-state index contributed by atoms with van der Waals surface area (Å²) in [5.74, 6) is 0.403. The molecule has 2 rings (SSSR count). The summed E-state index contributed by atoms with van der Waals surface area (Å²) in [6, 6.07) is 4.79. The first-order valence-electron chi connectivity index (χ1n) is 7.10. The molecule has 0 radical (unpaired) electrons. The number of amides is 1. The summed E-state index contributed by atoms with van der Waals surface area (Å²) in [7, 11) is 1.53. The fourth-order valence-electron chi connectivity index (χ4n) is 2.51. The Morgan fingerprint density at radius 2 is 2.14 bits per heavy atom. The smallest absolute Gasteiger partial charge is 0.257 e. The van der Waals surface area contributed by atoms with Crippen molar-refractivity contribution >= 4 is 21.8 Å². The van der Waals surface area contributed by atoms with E-state index in [4.69, 9.17) is 4.74 Å². The van der Waals surface area contributed by atoms with Crippen molar-refractivity contribution in [1.29, 1.82) is 0 Å². The van der Waals surface area contributed by atoms with E-state index < -0.39 is 0 Å². The Morgan fingerprint density at radius 1 is 1.33 bits per heavy atom. The van der Waals surface area contributed by atoms with Crippen LogP contribution in [0.15, 0.2) is 18.2 Å². The first kappa shape index (κ1) is 16.1. The molecule has 0 saturated carbocycles. The molecule has 1 aromatic carbocycles. The molecule has 5 nitrogen and oxygen atoms in total. The Labute approximate surface area is 133 Å². The number of ether oxygens (including phenoxy) is 1. The van der Waals surface area contributed by atoms with E-state index in [1.165, 1.54) is 13.2 Å². The summed E-state index contributed by atoms with van der Waals surface area (Å²) in [5, 5.41) is 10.9. The Morgan fingerprint density at radius 3 is 2.81 bits per heavy atom. The Kier molecular flexibility index (Phi) is 5.87. The molecular formula is C15H21BrN2O3. The summed E-state index contributed by atoms with van der Waals surface area (Å²) >= 11 is 3.45. The predicted molar refractivity (Wildman–Crippen MR) is 85.4 cm³/mol. The quantitative estimate of drug-likeness (QED) is 0.837. The van der Waals surface area contributed by atoms with Gasteiger partial charge in [-0.25, -0.2) is 0 Å². The van der Waals surface area contributed by atoms with Crippen LogP contribution in [0, 0.1) is 0 Å². The Hall–Kier alpha value is -1.27. The van der Waals surface area contributed by atoms with E-state index in [2.05, 4.69) is 20.8 Å². The second kappa shape index (κ2) is 7.66. The largest absolute Gasteiger partial charge is 0.507 e. The number of halogens is 1. The lowest BCUT2D eigenvalue weighted by Crippen LogP contribution is -2.35. The third kappa shape index (κ3) is 4.11. The molecule has 1 fully saturated rings. The van der Waals surface area contributed by atoms with Gasteiger partial charge in [-0.3, -0.25) is 4.79 Å². The first-order chi connectivity index (χ1) is 10.2.